The van der Waals surface area contributed by atoms with Crippen LogP contribution in [0.2, 0.25) is 0 Å². The van der Waals surface area contributed by atoms with Crippen molar-refractivity contribution in [1.82, 2.24) is 0 Å². The molecule has 1 atom stereocenters. The van der Waals surface area contributed by atoms with E-state index in [9.17, 15) is 10.2 Å². The van der Waals surface area contributed by atoms with E-state index in [-0.39, 0.29) is 11.5 Å². The summed E-state index contributed by atoms with van der Waals surface area (Å²) in [6, 6.07) is 4.85. The van der Waals surface area contributed by atoms with Crippen LogP contribution >= 0.6 is 0 Å². The Morgan fingerprint density at radius 3 is 2.24 bits per heavy atom. The van der Waals surface area contributed by atoms with Crippen LogP contribution in [-0.2, 0) is 6.42 Å². The summed E-state index contributed by atoms with van der Waals surface area (Å²) in [5, 5.41) is 18.8. The fraction of sp³-hybridized carbons (Fsp3) is 0.600. The van der Waals surface area contributed by atoms with Gasteiger partial charge in [0.25, 0.3) is 0 Å². The molecule has 0 fully saturated rings. The molecule has 0 spiro atoms. The van der Waals surface area contributed by atoms with Gasteiger partial charge >= 0.3 is 0 Å². The second kappa shape index (κ2) is 7.21. The van der Waals surface area contributed by atoms with Gasteiger partial charge in [0.1, 0.15) is 11.5 Å². The third kappa shape index (κ3) is 5.62. The van der Waals surface area contributed by atoms with Crippen molar-refractivity contribution < 1.29 is 10.2 Å². The zero-order valence-corrected chi connectivity index (χ0v) is 10.9. The van der Waals surface area contributed by atoms with Gasteiger partial charge in [0.05, 0.1) is 0 Å². The van der Waals surface area contributed by atoms with E-state index in [2.05, 4.69) is 13.8 Å². The minimum absolute atomic E-state index is 0.151. The SMILES string of the molecule is CCCCCCC(C)Cc1cc(O)cc(O)c1. The number of benzene rings is 1. The Morgan fingerprint density at radius 1 is 1.00 bits per heavy atom. The van der Waals surface area contributed by atoms with E-state index in [0.29, 0.717) is 5.92 Å². The van der Waals surface area contributed by atoms with Crippen LogP contribution in [0, 0.1) is 5.92 Å². The third-order valence-corrected chi connectivity index (χ3v) is 3.10. The summed E-state index contributed by atoms with van der Waals surface area (Å²) < 4.78 is 0. The Morgan fingerprint density at radius 2 is 1.65 bits per heavy atom. The highest BCUT2D eigenvalue weighted by Crippen LogP contribution is 2.23. The molecule has 0 aliphatic rings. The van der Waals surface area contributed by atoms with Crippen LogP contribution in [0.15, 0.2) is 18.2 Å². The molecule has 2 nitrogen and oxygen atoms in total. The molecule has 0 saturated heterocycles. The van der Waals surface area contributed by atoms with Crippen LogP contribution in [0.4, 0.5) is 0 Å². The summed E-state index contributed by atoms with van der Waals surface area (Å²) >= 11 is 0. The van der Waals surface area contributed by atoms with Crippen molar-refractivity contribution in [1.29, 1.82) is 0 Å². The fourth-order valence-corrected chi connectivity index (χ4v) is 2.20. The molecule has 96 valence electrons. The van der Waals surface area contributed by atoms with E-state index < -0.39 is 0 Å². The van der Waals surface area contributed by atoms with E-state index in [0.717, 1.165) is 12.0 Å². The lowest BCUT2D eigenvalue weighted by Gasteiger charge is -2.11. The summed E-state index contributed by atoms with van der Waals surface area (Å²) in [6.07, 6.45) is 7.32. The number of phenols is 2. The molecule has 17 heavy (non-hydrogen) atoms. The number of hydrogen-bond acceptors (Lipinski definition) is 2. The summed E-state index contributed by atoms with van der Waals surface area (Å²) in [5.74, 6) is 0.907. The van der Waals surface area contributed by atoms with Gasteiger partial charge in [-0.1, -0.05) is 46.0 Å². The quantitative estimate of drug-likeness (QED) is 0.695. The normalized spacial score (nSPS) is 12.6. The minimum Gasteiger partial charge on any atom is -0.508 e. The second-order valence-corrected chi connectivity index (χ2v) is 5.02. The zero-order chi connectivity index (χ0) is 12.7. The monoisotopic (exact) mass is 236 g/mol. The maximum atomic E-state index is 9.39. The van der Waals surface area contributed by atoms with Gasteiger partial charge in [-0.15, -0.1) is 0 Å². The van der Waals surface area contributed by atoms with Gasteiger partial charge in [-0.25, -0.2) is 0 Å². The Hall–Kier alpha value is -1.18. The summed E-state index contributed by atoms with van der Waals surface area (Å²) in [4.78, 5) is 0. The lowest BCUT2D eigenvalue weighted by molar-refractivity contribution is 0.445. The molecule has 0 radical (unpaired) electrons. The van der Waals surface area contributed by atoms with Crippen LogP contribution in [0.25, 0.3) is 0 Å². The van der Waals surface area contributed by atoms with Crippen molar-refractivity contribution in [3.8, 4) is 11.5 Å². The zero-order valence-electron chi connectivity index (χ0n) is 10.9. The Balaban J connectivity index is 2.36. The van der Waals surface area contributed by atoms with E-state index in [1.807, 2.05) is 0 Å². The highest BCUT2D eigenvalue weighted by molar-refractivity contribution is 5.36. The average Bonchev–Trinajstić information content (AvgIpc) is 2.23. The summed E-state index contributed by atoms with van der Waals surface area (Å²) in [7, 11) is 0. The molecule has 0 aromatic heterocycles. The van der Waals surface area contributed by atoms with Crippen molar-refractivity contribution in [2.45, 2.75) is 52.4 Å². The number of unbranched alkanes of at least 4 members (excludes halogenated alkanes) is 3. The highest BCUT2D eigenvalue weighted by atomic mass is 16.3. The first-order valence-electron chi connectivity index (χ1n) is 6.63. The van der Waals surface area contributed by atoms with Gasteiger partial charge < -0.3 is 10.2 Å². The molecule has 0 aliphatic carbocycles. The average molecular weight is 236 g/mol. The van der Waals surface area contributed by atoms with Crippen LogP contribution in [-0.4, -0.2) is 10.2 Å². The van der Waals surface area contributed by atoms with E-state index >= 15 is 0 Å². The van der Waals surface area contributed by atoms with Crippen molar-refractivity contribution in [2.24, 2.45) is 5.92 Å². The van der Waals surface area contributed by atoms with Crippen LogP contribution < -0.4 is 0 Å². The number of aromatic hydroxyl groups is 2. The predicted molar refractivity (Wildman–Crippen MR) is 71.4 cm³/mol. The molecular formula is C15H24O2. The van der Waals surface area contributed by atoms with E-state index in [4.69, 9.17) is 0 Å². The van der Waals surface area contributed by atoms with Crippen LogP contribution in [0.3, 0.4) is 0 Å². The van der Waals surface area contributed by atoms with Gasteiger partial charge in [-0.05, 0) is 30.0 Å². The van der Waals surface area contributed by atoms with Crippen molar-refractivity contribution in [2.75, 3.05) is 0 Å². The number of rotatable bonds is 7. The largest absolute Gasteiger partial charge is 0.508 e. The third-order valence-electron chi connectivity index (χ3n) is 3.10. The molecule has 1 aromatic carbocycles. The van der Waals surface area contributed by atoms with Gasteiger partial charge in [-0.3, -0.25) is 0 Å². The first kappa shape index (κ1) is 13.9. The molecule has 0 bridgehead atoms. The summed E-state index contributed by atoms with van der Waals surface area (Å²) in [6.45, 7) is 4.45. The maximum absolute atomic E-state index is 9.39. The minimum atomic E-state index is 0.151. The molecule has 0 amide bonds. The molecule has 1 aromatic rings. The van der Waals surface area contributed by atoms with Gasteiger partial charge in [0, 0.05) is 6.07 Å². The van der Waals surface area contributed by atoms with E-state index in [1.54, 1.807) is 12.1 Å². The fourth-order valence-electron chi connectivity index (χ4n) is 2.20. The Kier molecular flexibility index (Phi) is 5.88. The van der Waals surface area contributed by atoms with Crippen molar-refractivity contribution in [3.63, 3.8) is 0 Å². The smallest absolute Gasteiger partial charge is 0.119 e. The van der Waals surface area contributed by atoms with Gasteiger partial charge in [0.15, 0.2) is 0 Å². The predicted octanol–water partition coefficient (Wildman–Crippen LogP) is 4.25. The first-order valence-corrected chi connectivity index (χ1v) is 6.63. The number of phenolic OH excluding ortho intramolecular Hbond substituents is 2. The molecule has 2 N–H and O–H groups in total. The van der Waals surface area contributed by atoms with Crippen molar-refractivity contribution >= 4 is 0 Å². The first-order chi connectivity index (χ1) is 8.11. The molecule has 0 aliphatic heterocycles. The maximum Gasteiger partial charge on any atom is 0.119 e. The summed E-state index contributed by atoms with van der Waals surface area (Å²) in [5.41, 5.74) is 1.02. The topological polar surface area (TPSA) is 40.5 Å². The Labute approximate surface area is 104 Å². The molecule has 0 heterocycles. The highest BCUT2D eigenvalue weighted by Gasteiger charge is 2.06. The lowest BCUT2D eigenvalue weighted by Crippen LogP contribution is -1.99. The molecule has 1 rings (SSSR count). The Bertz CT molecular complexity index is 313. The second-order valence-electron chi connectivity index (χ2n) is 5.02. The van der Waals surface area contributed by atoms with Gasteiger partial charge in [0.2, 0.25) is 0 Å². The molecule has 2 heteroatoms. The van der Waals surface area contributed by atoms with Gasteiger partial charge in [-0.2, -0.15) is 0 Å². The molecule has 0 saturated carbocycles. The standard InChI is InChI=1S/C15H24O2/c1-3-4-5-6-7-12(2)8-13-9-14(16)11-15(17)10-13/h9-12,16-17H,3-8H2,1-2H3. The number of hydrogen-bond donors (Lipinski definition) is 2. The van der Waals surface area contributed by atoms with Crippen LogP contribution in [0.1, 0.15) is 51.5 Å². The van der Waals surface area contributed by atoms with E-state index in [1.165, 1.54) is 38.2 Å². The molecule has 1 unspecified atom stereocenters. The van der Waals surface area contributed by atoms with Crippen molar-refractivity contribution in [3.05, 3.63) is 23.8 Å². The lowest BCUT2D eigenvalue weighted by atomic mass is 9.95. The molecular weight excluding hydrogens is 212 g/mol. The van der Waals surface area contributed by atoms with Crippen LogP contribution in [0.5, 0.6) is 11.5 Å².